The number of aryl methyl sites for hydroxylation is 2. The van der Waals surface area contributed by atoms with Crippen molar-refractivity contribution in [3.63, 3.8) is 0 Å². The molecule has 0 spiro atoms. The molecule has 2 aliphatic rings. The van der Waals surface area contributed by atoms with Crippen LogP contribution in [0.3, 0.4) is 0 Å². The van der Waals surface area contributed by atoms with E-state index in [4.69, 9.17) is 0 Å². The molecule has 0 unspecified atom stereocenters. The van der Waals surface area contributed by atoms with E-state index < -0.39 is 0 Å². The summed E-state index contributed by atoms with van der Waals surface area (Å²) in [6.45, 7) is 9.24. The van der Waals surface area contributed by atoms with Gasteiger partial charge in [0.15, 0.2) is 0 Å². The average Bonchev–Trinajstić information content (AvgIpc) is 3.87. The van der Waals surface area contributed by atoms with Gasteiger partial charge < -0.3 is 9.13 Å². The standard InChI is InChI=1S/C66H51BN4/c1-38(2)40-29-33-56-54(35-40)62-65(68(56)5)70(42-31-32-50-45-19-8-7-17-43(45)44-18-10-12-23-49(44)53(50)37-42)59-27-16-28-60-64(59)67(62)63-55-36-41(39(3)4)30-34-57(55)69(6)66(63)71(60)58-26-15-25-52-48-21-11-9-20-46(48)47-22-13-14-24-51(47)61(52)58/h7-39H,1-6H3. The lowest BCUT2D eigenvalue weighted by Gasteiger charge is -2.43. The molecule has 11 aromatic carbocycles. The molecule has 0 bridgehead atoms. The largest absolute Gasteiger partial charge is 0.330 e. The van der Waals surface area contributed by atoms with Crippen LogP contribution in [0.2, 0.25) is 0 Å². The van der Waals surface area contributed by atoms with Crippen LogP contribution in [-0.2, 0) is 14.1 Å². The van der Waals surface area contributed by atoms with Crippen LogP contribution in [0.15, 0.2) is 188 Å². The minimum Gasteiger partial charge on any atom is -0.330 e. The van der Waals surface area contributed by atoms with Gasteiger partial charge in [-0.05, 0) is 164 Å². The molecule has 5 heteroatoms. The van der Waals surface area contributed by atoms with Crippen LogP contribution in [0.4, 0.5) is 34.4 Å². The summed E-state index contributed by atoms with van der Waals surface area (Å²) in [5, 5.41) is 17.9. The van der Waals surface area contributed by atoms with Crippen molar-refractivity contribution in [2.75, 3.05) is 9.80 Å². The van der Waals surface area contributed by atoms with Gasteiger partial charge >= 0.3 is 0 Å². The van der Waals surface area contributed by atoms with E-state index in [1.54, 1.807) is 0 Å². The highest BCUT2D eigenvalue weighted by Gasteiger charge is 2.48. The van der Waals surface area contributed by atoms with E-state index in [1.807, 2.05) is 0 Å². The van der Waals surface area contributed by atoms with Crippen LogP contribution in [0.5, 0.6) is 0 Å². The van der Waals surface area contributed by atoms with Gasteiger partial charge in [-0.15, -0.1) is 0 Å². The lowest BCUT2D eigenvalue weighted by molar-refractivity contribution is 0.868. The Morgan fingerprint density at radius 3 is 1.23 bits per heavy atom. The summed E-state index contributed by atoms with van der Waals surface area (Å²) < 4.78 is 4.99. The van der Waals surface area contributed by atoms with Gasteiger partial charge in [0, 0.05) is 47.6 Å². The zero-order valence-corrected chi connectivity index (χ0v) is 40.9. The van der Waals surface area contributed by atoms with E-state index in [2.05, 4.69) is 249 Å². The van der Waals surface area contributed by atoms with Crippen molar-refractivity contribution in [2.45, 2.75) is 39.5 Å². The highest BCUT2D eigenvalue weighted by atomic mass is 15.3. The second-order valence-electron chi connectivity index (χ2n) is 20.9. The Balaban J connectivity index is 1.11. The van der Waals surface area contributed by atoms with Crippen molar-refractivity contribution in [1.82, 2.24) is 9.13 Å². The third kappa shape index (κ3) is 5.36. The fraction of sp³-hybridized carbons (Fsp3) is 0.121. The van der Waals surface area contributed by atoms with Gasteiger partial charge in [0.2, 0.25) is 0 Å². The van der Waals surface area contributed by atoms with Gasteiger partial charge in [0.05, 0.1) is 5.69 Å². The summed E-state index contributed by atoms with van der Waals surface area (Å²) in [6.07, 6.45) is 0. The molecule has 0 atom stereocenters. The molecule has 4 nitrogen and oxygen atoms in total. The van der Waals surface area contributed by atoms with Crippen LogP contribution in [0, 0.1) is 0 Å². The minimum absolute atomic E-state index is 0.0614. The Bertz CT molecular complexity index is 4390. The second kappa shape index (κ2) is 14.6. The highest BCUT2D eigenvalue weighted by molar-refractivity contribution is 7.03. The van der Waals surface area contributed by atoms with E-state index in [1.165, 1.54) is 143 Å². The Labute approximate surface area is 413 Å². The predicted octanol–water partition coefficient (Wildman–Crippen LogP) is 15.9. The molecular formula is C66H51BN4. The SMILES string of the molecule is CC(C)c1ccc2c(c1)c1c(n2C)N(c2ccc3c4ccccc4c4ccccc4c3c2)c2cccc3c2B1c1c(n(C)c2ccc(C(C)C)cc12)N3c1cccc2c3ccccc3c3ccccc3c12. The number of hydrogen-bond donors (Lipinski definition) is 0. The number of rotatable bonds is 4. The Hall–Kier alpha value is -8.28. The fourth-order valence-electron chi connectivity index (χ4n) is 13.3. The molecular weight excluding hydrogens is 860 g/mol. The van der Waals surface area contributed by atoms with Crippen LogP contribution in [-0.4, -0.2) is 15.8 Å². The van der Waals surface area contributed by atoms with Gasteiger partial charge in [0.25, 0.3) is 6.71 Å². The quantitative estimate of drug-likeness (QED) is 0.129. The summed E-state index contributed by atoms with van der Waals surface area (Å²) in [5.74, 6) is 3.20. The molecule has 0 saturated heterocycles. The molecule has 2 aromatic heterocycles. The summed E-state index contributed by atoms with van der Waals surface area (Å²) in [6, 6.07) is 71.7. The summed E-state index contributed by atoms with van der Waals surface area (Å²) in [5.41, 5.74) is 14.0. The molecule has 15 rings (SSSR count). The molecule has 0 radical (unpaired) electrons. The van der Waals surface area contributed by atoms with Crippen LogP contribution < -0.4 is 26.2 Å². The van der Waals surface area contributed by atoms with E-state index in [0.29, 0.717) is 11.8 Å². The number of anilines is 6. The first-order valence-electron chi connectivity index (χ1n) is 25.4. The fourth-order valence-corrected chi connectivity index (χ4v) is 13.3. The maximum Gasteiger partial charge on any atom is 0.257 e. The third-order valence-corrected chi connectivity index (χ3v) is 16.6. The lowest BCUT2D eigenvalue weighted by Crippen LogP contribution is -2.61. The van der Waals surface area contributed by atoms with Crippen LogP contribution in [0.25, 0.3) is 86.4 Å². The minimum atomic E-state index is -0.0614. The number of aromatic nitrogens is 2. The first-order valence-corrected chi connectivity index (χ1v) is 25.4. The summed E-state index contributed by atoms with van der Waals surface area (Å²) >= 11 is 0. The van der Waals surface area contributed by atoms with E-state index in [0.717, 1.165) is 5.69 Å². The molecule has 2 aliphatic heterocycles. The topological polar surface area (TPSA) is 16.3 Å². The highest BCUT2D eigenvalue weighted by Crippen LogP contribution is 2.51. The van der Waals surface area contributed by atoms with Crippen molar-refractivity contribution in [2.24, 2.45) is 14.1 Å². The van der Waals surface area contributed by atoms with Gasteiger partial charge in [-0.2, -0.15) is 0 Å². The molecule has 0 fully saturated rings. The van der Waals surface area contributed by atoms with Crippen molar-refractivity contribution >= 4 is 144 Å². The Kier molecular flexibility index (Phi) is 8.37. The number of benzene rings is 11. The van der Waals surface area contributed by atoms with Crippen molar-refractivity contribution in [3.8, 4) is 0 Å². The first kappa shape index (κ1) is 40.6. The smallest absolute Gasteiger partial charge is 0.257 e. The lowest BCUT2D eigenvalue weighted by atomic mass is 9.33. The zero-order valence-electron chi connectivity index (χ0n) is 40.9. The summed E-state index contributed by atoms with van der Waals surface area (Å²) in [7, 11) is 4.60. The zero-order chi connectivity index (χ0) is 47.6. The first-order chi connectivity index (χ1) is 34.8. The van der Waals surface area contributed by atoms with Crippen molar-refractivity contribution in [3.05, 3.63) is 199 Å². The predicted molar refractivity (Wildman–Crippen MR) is 307 cm³/mol. The molecule has 338 valence electrons. The molecule has 0 aliphatic carbocycles. The monoisotopic (exact) mass is 910 g/mol. The van der Waals surface area contributed by atoms with Crippen molar-refractivity contribution in [1.29, 1.82) is 0 Å². The Morgan fingerprint density at radius 1 is 0.324 bits per heavy atom. The van der Waals surface area contributed by atoms with Crippen LogP contribution in [0.1, 0.15) is 50.7 Å². The normalized spacial score (nSPS) is 13.4. The number of hydrogen-bond acceptors (Lipinski definition) is 2. The molecule has 0 N–H and O–H groups in total. The molecule has 71 heavy (non-hydrogen) atoms. The van der Waals surface area contributed by atoms with Gasteiger partial charge in [0.1, 0.15) is 11.6 Å². The molecule has 4 heterocycles. The van der Waals surface area contributed by atoms with Gasteiger partial charge in [-0.25, -0.2) is 0 Å². The van der Waals surface area contributed by atoms with E-state index >= 15 is 0 Å². The molecule has 0 saturated carbocycles. The molecule has 13 aromatic rings. The van der Waals surface area contributed by atoms with Crippen molar-refractivity contribution < 1.29 is 0 Å². The summed E-state index contributed by atoms with van der Waals surface area (Å²) in [4.78, 5) is 5.26. The third-order valence-electron chi connectivity index (χ3n) is 16.6. The number of nitrogens with zero attached hydrogens (tertiary/aromatic N) is 4. The maximum atomic E-state index is 2.65. The molecule has 0 amide bonds. The van der Waals surface area contributed by atoms with E-state index in [-0.39, 0.29) is 6.71 Å². The maximum absolute atomic E-state index is 2.65. The van der Waals surface area contributed by atoms with Crippen LogP contribution >= 0.6 is 0 Å². The average molecular weight is 911 g/mol. The van der Waals surface area contributed by atoms with E-state index in [9.17, 15) is 0 Å². The van der Waals surface area contributed by atoms with Gasteiger partial charge in [-0.1, -0.05) is 161 Å². The second-order valence-corrected chi connectivity index (χ2v) is 20.9. The number of fused-ring (bicyclic) bond motifs is 20. The van der Waals surface area contributed by atoms with Gasteiger partial charge in [-0.3, -0.25) is 9.80 Å². The Morgan fingerprint density at radius 2 is 0.718 bits per heavy atom.